The van der Waals surface area contributed by atoms with E-state index in [1.54, 1.807) is 15.9 Å². The maximum absolute atomic E-state index is 13.2. The summed E-state index contributed by atoms with van der Waals surface area (Å²) in [6.45, 7) is 2.69. The van der Waals surface area contributed by atoms with Gasteiger partial charge in [-0.15, -0.1) is 0 Å². The molecule has 1 atom stereocenters. The van der Waals surface area contributed by atoms with Gasteiger partial charge in [-0.1, -0.05) is 0 Å². The topological polar surface area (TPSA) is 117 Å². The third kappa shape index (κ3) is 5.30. The summed E-state index contributed by atoms with van der Waals surface area (Å²) in [6.07, 6.45) is 5.75. The Morgan fingerprint density at radius 3 is 2.78 bits per heavy atom. The van der Waals surface area contributed by atoms with Gasteiger partial charge in [0.15, 0.2) is 5.82 Å². The Bertz CT molecular complexity index is 912. The second-order valence-corrected chi connectivity index (χ2v) is 8.41. The SMILES string of the molecule is O=C(CN1CCCC[C@H](N/C(=C/[N+](=O)[O-])Nc2ccc3c(c2)CCO3)C1=O)N1CCCC1. The van der Waals surface area contributed by atoms with Gasteiger partial charge in [0.2, 0.25) is 11.8 Å². The van der Waals surface area contributed by atoms with Gasteiger partial charge in [-0.2, -0.15) is 0 Å². The third-order valence-corrected chi connectivity index (χ3v) is 6.10. The lowest BCUT2D eigenvalue weighted by Crippen LogP contribution is -2.49. The largest absolute Gasteiger partial charge is 0.493 e. The smallest absolute Gasteiger partial charge is 0.274 e. The van der Waals surface area contributed by atoms with Crippen LogP contribution in [0.15, 0.2) is 30.2 Å². The molecule has 0 bridgehead atoms. The number of rotatable bonds is 7. The van der Waals surface area contributed by atoms with E-state index in [0.29, 0.717) is 25.3 Å². The number of ether oxygens (including phenoxy) is 1. The predicted octanol–water partition coefficient (Wildman–Crippen LogP) is 1.70. The highest BCUT2D eigenvalue weighted by molar-refractivity contribution is 5.88. The number of fused-ring (bicyclic) bond motifs is 1. The molecule has 0 aliphatic carbocycles. The molecular formula is C22H29N5O5. The summed E-state index contributed by atoms with van der Waals surface area (Å²) in [7, 11) is 0. The van der Waals surface area contributed by atoms with Gasteiger partial charge in [0.1, 0.15) is 11.8 Å². The van der Waals surface area contributed by atoms with Crippen LogP contribution in [0.3, 0.4) is 0 Å². The Balaban J connectivity index is 1.44. The fraction of sp³-hybridized carbons (Fsp3) is 0.545. The molecule has 2 amide bonds. The van der Waals surface area contributed by atoms with E-state index in [1.165, 1.54) is 0 Å². The minimum Gasteiger partial charge on any atom is -0.493 e. The lowest BCUT2D eigenvalue weighted by Gasteiger charge is -2.27. The lowest BCUT2D eigenvalue weighted by atomic mass is 10.1. The van der Waals surface area contributed by atoms with E-state index in [9.17, 15) is 19.7 Å². The summed E-state index contributed by atoms with van der Waals surface area (Å²) in [5.74, 6) is 0.727. The predicted molar refractivity (Wildman–Crippen MR) is 118 cm³/mol. The van der Waals surface area contributed by atoms with Crippen LogP contribution in [-0.2, 0) is 16.0 Å². The molecule has 3 aliphatic heterocycles. The van der Waals surface area contributed by atoms with Crippen LogP contribution in [0.5, 0.6) is 5.75 Å². The highest BCUT2D eigenvalue weighted by Gasteiger charge is 2.31. The molecule has 0 saturated carbocycles. The zero-order valence-electron chi connectivity index (χ0n) is 18.0. The third-order valence-electron chi connectivity index (χ3n) is 6.10. The Hall–Kier alpha value is -3.30. The summed E-state index contributed by atoms with van der Waals surface area (Å²) >= 11 is 0. The second-order valence-electron chi connectivity index (χ2n) is 8.41. The normalized spacial score (nSPS) is 21.1. The number of nitrogens with zero attached hydrogens (tertiary/aromatic N) is 3. The standard InChI is InChI=1S/C22H29N5O5/c28-21(25-9-3-4-10-25)15-26-11-2-1-5-18(22(26)29)24-20(14-27(30)31)23-17-6-7-19-16(13-17)8-12-32-19/h6-7,13-14,18,23-24H,1-5,8-12,15H2/b20-14+/t18-/m0/s1. The van der Waals surface area contributed by atoms with Crippen LogP contribution in [0.2, 0.25) is 0 Å². The van der Waals surface area contributed by atoms with Gasteiger partial charge in [-0.3, -0.25) is 19.7 Å². The molecule has 0 unspecified atom stereocenters. The lowest BCUT2D eigenvalue weighted by molar-refractivity contribution is -0.403. The minimum atomic E-state index is -0.639. The highest BCUT2D eigenvalue weighted by atomic mass is 16.6. The van der Waals surface area contributed by atoms with E-state index >= 15 is 0 Å². The van der Waals surface area contributed by atoms with Crippen LogP contribution in [0.1, 0.15) is 37.7 Å². The van der Waals surface area contributed by atoms with Gasteiger partial charge in [-0.25, -0.2) is 0 Å². The van der Waals surface area contributed by atoms with Crippen LogP contribution in [0.4, 0.5) is 5.69 Å². The van der Waals surface area contributed by atoms with Crippen LogP contribution in [0.25, 0.3) is 0 Å². The molecule has 3 heterocycles. The zero-order chi connectivity index (χ0) is 22.5. The number of hydrogen-bond acceptors (Lipinski definition) is 7. The monoisotopic (exact) mass is 443 g/mol. The summed E-state index contributed by atoms with van der Waals surface area (Å²) < 4.78 is 5.51. The van der Waals surface area contributed by atoms with Crippen molar-refractivity contribution < 1.29 is 19.2 Å². The van der Waals surface area contributed by atoms with Crippen molar-refractivity contribution in [2.75, 3.05) is 38.1 Å². The molecule has 10 heteroatoms. The highest BCUT2D eigenvalue weighted by Crippen LogP contribution is 2.28. The summed E-state index contributed by atoms with van der Waals surface area (Å²) in [5.41, 5.74) is 1.71. The van der Waals surface area contributed by atoms with Gasteiger partial charge in [0.25, 0.3) is 6.20 Å². The Morgan fingerprint density at radius 1 is 1.22 bits per heavy atom. The van der Waals surface area contributed by atoms with E-state index in [1.807, 2.05) is 12.1 Å². The average molecular weight is 444 g/mol. The number of hydrogen-bond donors (Lipinski definition) is 2. The number of anilines is 1. The minimum absolute atomic E-state index is 0.0314. The Labute approximate surface area is 186 Å². The van der Waals surface area contributed by atoms with Crippen molar-refractivity contribution in [2.24, 2.45) is 0 Å². The van der Waals surface area contributed by atoms with Gasteiger partial charge in [0, 0.05) is 31.7 Å². The fourth-order valence-corrected chi connectivity index (χ4v) is 4.44. The van der Waals surface area contributed by atoms with Crippen LogP contribution in [0, 0.1) is 10.1 Å². The molecule has 0 radical (unpaired) electrons. The van der Waals surface area contributed by atoms with Crippen molar-refractivity contribution in [3.05, 3.63) is 45.9 Å². The van der Waals surface area contributed by atoms with Crippen molar-refractivity contribution in [3.8, 4) is 5.75 Å². The first-order chi connectivity index (χ1) is 15.5. The molecule has 4 rings (SSSR count). The van der Waals surface area contributed by atoms with Crippen molar-refractivity contribution in [2.45, 2.75) is 44.6 Å². The number of likely N-dealkylation sites (tertiary alicyclic amines) is 2. The van der Waals surface area contributed by atoms with Gasteiger partial charge in [-0.05, 0) is 55.9 Å². The van der Waals surface area contributed by atoms with Crippen LogP contribution in [-0.4, -0.2) is 65.4 Å². The number of carbonyl (C=O) groups is 2. The maximum atomic E-state index is 13.2. The first-order valence-corrected chi connectivity index (χ1v) is 11.2. The van der Waals surface area contributed by atoms with Gasteiger partial charge >= 0.3 is 0 Å². The first kappa shape index (κ1) is 21.9. The number of nitro groups is 1. The Kier molecular flexibility index (Phi) is 6.77. The molecule has 0 aromatic heterocycles. The van der Waals surface area contributed by atoms with E-state index in [-0.39, 0.29) is 24.2 Å². The van der Waals surface area contributed by atoms with E-state index in [0.717, 1.165) is 62.7 Å². The van der Waals surface area contributed by atoms with Crippen molar-refractivity contribution >= 4 is 17.5 Å². The molecule has 3 aliphatic rings. The zero-order valence-corrected chi connectivity index (χ0v) is 18.0. The van der Waals surface area contributed by atoms with E-state index in [2.05, 4.69) is 10.6 Å². The average Bonchev–Trinajstić information content (AvgIpc) is 3.42. The number of benzene rings is 1. The summed E-state index contributed by atoms with van der Waals surface area (Å²) in [4.78, 5) is 39.8. The molecule has 2 fully saturated rings. The molecule has 2 saturated heterocycles. The van der Waals surface area contributed by atoms with Gasteiger partial charge in [0.05, 0.1) is 18.1 Å². The molecule has 1 aromatic carbocycles. The molecule has 32 heavy (non-hydrogen) atoms. The molecule has 10 nitrogen and oxygen atoms in total. The summed E-state index contributed by atoms with van der Waals surface area (Å²) in [5, 5.41) is 17.3. The van der Waals surface area contributed by atoms with E-state index in [4.69, 9.17) is 4.74 Å². The number of amides is 2. The van der Waals surface area contributed by atoms with Crippen LogP contribution >= 0.6 is 0 Å². The van der Waals surface area contributed by atoms with E-state index < -0.39 is 11.0 Å². The molecule has 0 spiro atoms. The van der Waals surface area contributed by atoms with Gasteiger partial charge < -0.3 is 25.2 Å². The second kappa shape index (κ2) is 9.88. The molecule has 1 aromatic rings. The van der Waals surface area contributed by atoms with Crippen molar-refractivity contribution in [1.82, 2.24) is 15.1 Å². The number of carbonyl (C=O) groups excluding carboxylic acids is 2. The molecular weight excluding hydrogens is 414 g/mol. The fourth-order valence-electron chi connectivity index (χ4n) is 4.44. The molecule has 2 N–H and O–H groups in total. The maximum Gasteiger partial charge on any atom is 0.274 e. The number of nitrogens with one attached hydrogen (secondary N) is 2. The molecule has 172 valence electrons. The summed E-state index contributed by atoms with van der Waals surface area (Å²) in [6, 6.07) is 4.88. The first-order valence-electron chi connectivity index (χ1n) is 11.2. The Morgan fingerprint density at radius 2 is 2.00 bits per heavy atom. The quantitative estimate of drug-likeness (QED) is 0.487. The van der Waals surface area contributed by atoms with Crippen LogP contribution < -0.4 is 15.4 Å². The van der Waals surface area contributed by atoms with Crippen molar-refractivity contribution in [1.29, 1.82) is 0 Å². The van der Waals surface area contributed by atoms with Crippen molar-refractivity contribution in [3.63, 3.8) is 0 Å².